The third-order valence-corrected chi connectivity index (χ3v) is 5.07. The summed E-state index contributed by atoms with van der Waals surface area (Å²) in [6.07, 6.45) is 1.75. The summed E-state index contributed by atoms with van der Waals surface area (Å²) in [5, 5.41) is 13.0. The molecule has 1 fully saturated rings. The van der Waals surface area contributed by atoms with E-state index in [1.54, 1.807) is 30.5 Å². The van der Waals surface area contributed by atoms with E-state index in [-0.39, 0.29) is 11.8 Å². The molecule has 8 heteroatoms. The third kappa shape index (κ3) is 4.01. The minimum absolute atomic E-state index is 0.0480. The summed E-state index contributed by atoms with van der Waals surface area (Å²) in [5.74, 6) is 2.13. The monoisotopic (exact) mass is 402 g/mol. The Hall–Kier alpha value is -3.73. The topological polar surface area (TPSA) is 99.2 Å². The van der Waals surface area contributed by atoms with Gasteiger partial charge in [-0.15, -0.1) is 0 Å². The van der Waals surface area contributed by atoms with Crippen molar-refractivity contribution < 1.29 is 9.32 Å². The fourth-order valence-electron chi connectivity index (χ4n) is 3.34. The molecule has 1 aliphatic heterocycles. The maximum absolute atomic E-state index is 12.7. The highest BCUT2D eigenvalue weighted by molar-refractivity contribution is 5.94. The molecule has 30 heavy (non-hydrogen) atoms. The van der Waals surface area contributed by atoms with E-state index in [2.05, 4.69) is 26.1 Å². The molecule has 1 saturated heterocycles. The maximum atomic E-state index is 12.7. The van der Waals surface area contributed by atoms with E-state index in [4.69, 9.17) is 9.78 Å². The summed E-state index contributed by atoms with van der Waals surface area (Å²) in [5.41, 5.74) is 1.84. The number of hydrogen-bond acceptors (Lipinski definition) is 7. The van der Waals surface area contributed by atoms with Gasteiger partial charge in [0.15, 0.2) is 0 Å². The van der Waals surface area contributed by atoms with Crippen molar-refractivity contribution in [2.45, 2.75) is 19.8 Å². The minimum Gasteiger partial charge on any atom is -0.353 e. The number of rotatable bonds is 4. The number of amides is 1. The lowest BCUT2D eigenvalue weighted by Crippen LogP contribution is -2.49. The van der Waals surface area contributed by atoms with E-state index in [9.17, 15) is 4.79 Å². The Morgan fingerprint density at radius 1 is 1.17 bits per heavy atom. The maximum Gasteiger partial charge on any atom is 0.254 e. The molecule has 0 aliphatic carbocycles. The lowest BCUT2D eigenvalue weighted by atomic mass is 10.1. The van der Waals surface area contributed by atoms with Crippen molar-refractivity contribution in [2.75, 3.05) is 31.1 Å². The van der Waals surface area contributed by atoms with Gasteiger partial charge in [-0.1, -0.05) is 25.1 Å². The van der Waals surface area contributed by atoms with Crippen LogP contribution in [0, 0.1) is 11.3 Å². The Bertz CT molecular complexity index is 1080. The lowest BCUT2D eigenvalue weighted by molar-refractivity contribution is 0.0746. The second-order valence-corrected chi connectivity index (χ2v) is 7.49. The molecule has 0 bridgehead atoms. The Morgan fingerprint density at radius 2 is 1.97 bits per heavy atom. The normalized spacial score (nSPS) is 14.1. The predicted molar refractivity (Wildman–Crippen MR) is 111 cm³/mol. The molecule has 3 aromatic rings. The Balaban J connectivity index is 1.39. The predicted octanol–water partition coefficient (Wildman–Crippen LogP) is 3.09. The molecule has 0 atom stereocenters. The molecule has 1 aliphatic rings. The van der Waals surface area contributed by atoms with Gasteiger partial charge < -0.3 is 14.3 Å². The highest BCUT2D eigenvalue weighted by Gasteiger charge is 2.23. The molecule has 0 N–H and O–H groups in total. The second kappa shape index (κ2) is 8.33. The van der Waals surface area contributed by atoms with Gasteiger partial charge in [0.1, 0.15) is 5.82 Å². The first kappa shape index (κ1) is 19.6. The molecule has 0 saturated carbocycles. The molecule has 3 heterocycles. The molecule has 4 rings (SSSR count). The van der Waals surface area contributed by atoms with Crippen LogP contribution in [-0.2, 0) is 0 Å². The van der Waals surface area contributed by atoms with Crippen molar-refractivity contribution in [2.24, 2.45) is 0 Å². The zero-order valence-electron chi connectivity index (χ0n) is 16.9. The average Bonchev–Trinajstić information content (AvgIpc) is 3.30. The van der Waals surface area contributed by atoms with Crippen LogP contribution in [0.25, 0.3) is 11.4 Å². The van der Waals surface area contributed by atoms with E-state index >= 15 is 0 Å². The fraction of sp³-hybridized carbons (Fsp3) is 0.318. The highest BCUT2D eigenvalue weighted by Crippen LogP contribution is 2.22. The lowest BCUT2D eigenvalue weighted by Gasteiger charge is -2.35. The van der Waals surface area contributed by atoms with Crippen LogP contribution >= 0.6 is 0 Å². The van der Waals surface area contributed by atoms with Crippen LogP contribution in [0.5, 0.6) is 0 Å². The van der Waals surface area contributed by atoms with Crippen LogP contribution < -0.4 is 4.90 Å². The largest absolute Gasteiger partial charge is 0.353 e. The quantitative estimate of drug-likeness (QED) is 0.661. The molecule has 0 spiro atoms. The van der Waals surface area contributed by atoms with Crippen molar-refractivity contribution in [3.05, 3.63) is 59.6 Å². The van der Waals surface area contributed by atoms with Crippen molar-refractivity contribution in [3.63, 3.8) is 0 Å². The van der Waals surface area contributed by atoms with E-state index in [1.165, 1.54) is 0 Å². The number of hydrogen-bond donors (Lipinski definition) is 0. The zero-order chi connectivity index (χ0) is 21.1. The summed E-state index contributed by atoms with van der Waals surface area (Å²) in [6.45, 7) is 6.58. The van der Waals surface area contributed by atoms with Crippen LogP contribution in [-0.4, -0.2) is 52.1 Å². The van der Waals surface area contributed by atoms with Crippen LogP contribution in [0.15, 0.2) is 47.1 Å². The van der Waals surface area contributed by atoms with E-state index in [0.717, 1.165) is 11.4 Å². The summed E-state index contributed by atoms with van der Waals surface area (Å²) < 4.78 is 5.26. The summed E-state index contributed by atoms with van der Waals surface area (Å²) >= 11 is 0. The van der Waals surface area contributed by atoms with Gasteiger partial charge in [0.05, 0.1) is 11.6 Å². The molecule has 1 amide bonds. The van der Waals surface area contributed by atoms with Gasteiger partial charge in [0, 0.05) is 49.4 Å². The van der Waals surface area contributed by atoms with Gasteiger partial charge in [-0.2, -0.15) is 10.2 Å². The summed E-state index contributed by atoms with van der Waals surface area (Å²) in [6, 6.07) is 12.8. The number of carbonyl (C=O) groups is 1. The van der Waals surface area contributed by atoms with Gasteiger partial charge in [0.2, 0.25) is 11.7 Å². The van der Waals surface area contributed by atoms with E-state index < -0.39 is 0 Å². The van der Waals surface area contributed by atoms with Crippen LogP contribution in [0.4, 0.5) is 5.82 Å². The number of nitriles is 1. The summed E-state index contributed by atoms with van der Waals surface area (Å²) in [7, 11) is 0. The van der Waals surface area contributed by atoms with Crippen LogP contribution in [0.2, 0.25) is 0 Å². The number of aromatic nitrogens is 3. The van der Waals surface area contributed by atoms with Gasteiger partial charge >= 0.3 is 0 Å². The first-order valence-corrected chi connectivity index (χ1v) is 9.89. The number of pyridine rings is 1. The van der Waals surface area contributed by atoms with Crippen molar-refractivity contribution >= 4 is 11.7 Å². The standard InChI is InChI=1S/C22H22N6O2/c1-15(2)21-25-20(26-30-21)18-6-7-19(24-14-18)27-8-10-28(11-9-27)22(29)17-5-3-4-16(12-17)13-23/h3-7,12,14-15H,8-11H2,1-2H3. The third-order valence-electron chi connectivity index (χ3n) is 5.07. The molecule has 8 nitrogen and oxygen atoms in total. The Morgan fingerprint density at radius 3 is 2.60 bits per heavy atom. The number of benzene rings is 1. The smallest absolute Gasteiger partial charge is 0.254 e. The van der Waals surface area contributed by atoms with E-state index in [1.807, 2.05) is 30.9 Å². The van der Waals surface area contributed by atoms with Gasteiger partial charge in [0.25, 0.3) is 5.91 Å². The minimum atomic E-state index is -0.0480. The second-order valence-electron chi connectivity index (χ2n) is 7.49. The molecular formula is C22H22N6O2. The number of carbonyl (C=O) groups excluding carboxylic acids is 1. The number of anilines is 1. The molecule has 1 aromatic carbocycles. The Kier molecular flexibility index (Phi) is 5.44. The SMILES string of the molecule is CC(C)c1nc(-c2ccc(N3CCN(C(=O)c4cccc(C#N)c4)CC3)nc2)no1. The molecule has 0 unspecified atom stereocenters. The van der Waals surface area contributed by atoms with Crippen molar-refractivity contribution in [1.82, 2.24) is 20.0 Å². The molecule has 0 radical (unpaired) electrons. The van der Waals surface area contributed by atoms with Crippen molar-refractivity contribution in [3.8, 4) is 17.5 Å². The van der Waals surface area contributed by atoms with Crippen LogP contribution in [0.3, 0.4) is 0 Å². The Labute approximate surface area is 174 Å². The molecular weight excluding hydrogens is 380 g/mol. The molecule has 152 valence electrons. The molecule has 2 aromatic heterocycles. The number of nitrogens with zero attached hydrogens (tertiary/aromatic N) is 6. The van der Waals surface area contributed by atoms with Crippen LogP contribution in [0.1, 0.15) is 41.6 Å². The van der Waals surface area contributed by atoms with Gasteiger partial charge in [-0.25, -0.2) is 4.98 Å². The van der Waals surface area contributed by atoms with Crippen molar-refractivity contribution in [1.29, 1.82) is 5.26 Å². The fourth-order valence-corrected chi connectivity index (χ4v) is 3.34. The van der Waals surface area contributed by atoms with E-state index in [0.29, 0.717) is 49.0 Å². The zero-order valence-corrected chi connectivity index (χ0v) is 16.9. The first-order valence-electron chi connectivity index (χ1n) is 9.89. The van der Waals surface area contributed by atoms with Gasteiger partial charge in [-0.05, 0) is 30.3 Å². The summed E-state index contributed by atoms with van der Waals surface area (Å²) in [4.78, 5) is 25.6. The first-order chi connectivity index (χ1) is 14.5. The van der Waals surface area contributed by atoms with Gasteiger partial charge in [-0.3, -0.25) is 4.79 Å². The highest BCUT2D eigenvalue weighted by atomic mass is 16.5. The average molecular weight is 402 g/mol. The number of piperazine rings is 1.